The second kappa shape index (κ2) is 7.85. The summed E-state index contributed by atoms with van der Waals surface area (Å²) in [6.07, 6.45) is 2.41. The lowest BCUT2D eigenvalue weighted by atomic mass is 9.93. The molecule has 0 aliphatic rings. The van der Waals surface area contributed by atoms with Crippen molar-refractivity contribution in [2.75, 3.05) is 20.1 Å². The number of rotatable bonds is 8. The molecule has 1 aromatic heterocycles. The van der Waals surface area contributed by atoms with Crippen molar-refractivity contribution in [2.45, 2.75) is 52.6 Å². The molecule has 0 spiro atoms. The van der Waals surface area contributed by atoms with Crippen molar-refractivity contribution >= 4 is 0 Å². The summed E-state index contributed by atoms with van der Waals surface area (Å²) >= 11 is 0. The average Bonchev–Trinajstić information content (AvgIpc) is 2.45. The van der Waals surface area contributed by atoms with Gasteiger partial charge < -0.3 is 10.2 Å². The van der Waals surface area contributed by atoms with Crippen LogP contribution in [0.3, 0.4) is 0 Å². The van der Waals surface area contributed by atoms with Gasteiger partial charge in [0, 0.05) is 12.1 Å². The van der Waals surface area contributed by atoms with Gasteiger partial charge in [0.15, 0.2) is 0 Å². The predicted molar refractivity (Wildman–Crippen MR) is 86.8 cm³/mol. The summed E-state index contributed by atoms with van der Waals surface area (Å²) in [5.74, 6) is 0.102. The molecule has 0 bridgehead atoms. The van der Waals surface area contributed by atoms with Gasteiger partial charge in [-0.25, -0.2) is 4.39 Å². The molecule has 0 aliphatic heterocycles. The van der Waals surface area contributed by atoms with Crippen LogP contribution >= 0.6 is 0 Å². The fourth-order valence-electron chi connectivity index (χ4n) is 2.44. The second-order valence-electron chi connectivity index (χ2n) is 6.46. The van der Waals surface area contributed by atoms with Gasteiger partial charge in [-0.2, -0.15) is 0 Å². The Kier molecular flexibility index (Phi) is 6.75. The van der Waals surface area contributed by atoms with Crippen LogP contribution in [-0.2, 0) is 0 Å². The number of pyridine rings is 1. The van der Waals surface area contributed by atoms with Gasteiger partial charge in [0.2, 0.25) is 0 Å². The third-order valence-electron chi connectivity index (χ3n) is 4.52. The van der Waals surface area contributed by atoms with Crippen LogP contribution in [-0.4, -0.2) is 35.6 Å². The van der Waals surface area contributed by atoms with Gasteiger partial charge in [0.1, 0.15) is 5.82 Å². The molecule has 1 rings (SSSR count). The van der Waals surface area contributed by atoms with E-state index in [1.54, 1.807) is 6.07 Å². The summed E-state index contributed by atoms with van der Waals surface area (Å²) in [4.78, 5) is 6.65. The number of hydrogen-bond donors (Lipinski definition) is 1. The molecule has 1 N–H and O–H groups in total. The van der Waals surface area contributed by atoms with Gasteiger partial charge >= 0.3 is 0 Å². The lowest BCUT2D eigenvalue weighted by Gasteiger charge is -2.38. The summed E-state index contributed by atoms with van der Waals surface area (Å²) < 4.78 is 13.1. The van der Waals surface area contributed by atoms with E-state index < -0.39 is 0 Å². The quantitative estimate of drug-likeness (QED) is 0.794. The fourth-order valence-corrected chi connectivity index (χ4v) is 2.44. The van der Waals surface area contributed by atoms with Crippen molar-refractivity contribution in [3.05, 3.63) is 29.8 Å². The van der Waals surface area contributed by atoms with Crippen molar-refractivity contribution in [3.63, 3.8) is 0 Å². The van der Waals surface area contributed by atoms with E-state index in [1.165, 1.54) is 12.3 Å². The second-order valence-corrected chi connectivity index (χ2v) is 6.46. The van der Waals surface area contributed by atoms with Crippen molar-refractivity contribution in [1.29, 1.82) is 0 Å². The van der Waals surface area contributed by atoms with E-state index in [0.717, 1.165) is 25.2 Å². The summed E-state index contributed by atoms with van der Waals surface area (Å²) in [7, 11) is 2.17. The summed E-state index contributed by atoms with van der Waals surface area (Å²) in [6, 6.07) is 3.41. The Balaban J connectivity index is 2.83. The van der Waals surface area contributed by atoms with E-state index in [2.05, 4.69) is 56.9 Å². The summed E-state index contributed by atoms with van der Waals surface area (Å²) in [6.45, 7) is 12.9. The molecule has 1 heterocycles. The Morgan fingerprint density at radius 2 is 2.00 bits per heavy atom. The molecule has 2 unspecified atom stereocenters. The van der Waals surface area contributed by atoms with Gasteiger partial charge in [0.25, 0.3) is 0 Å². The molecule has 0 aromatic carbocycles. The van der Waals surface area contributed by atoms with Gasteiger partial charge in [-0.05, 0) is 51.9 Å². The lowest BCUT2D eigenvalue weighted by Crippen LogP contribution is -2.45. The van der Waals surface area contributed by atoms with Crippen LogP contribution in [0, 0.1) is 11.7 Å². The zero-order valence-electron chi connectivity index (χ0n) is 14.3. The largest absolute Gasteiger partial charge is 0.309 e. The zero-order valence-corrected chi connectivity index (χ0v) is 14.3. The monoisotopic (exact) mass is 295 g/mol. The highest BCUT2D eigenvalue weighted by Crippen LogP contribution is 2.24. The van der Waals surface area contributed by atoms with E-state index in [0.29, 0.717) is 5.92 Å². The number of halogens is 1. The third-order valence-corrected chi connectivity index (χ3v) is 4.52. The first-order valence-electron chi connectivity index (χ1n) is 7.87. The van der Waals surface area contributed by atoms with Crippen molar-refractivity contribution < 1.29 is 4.39 Å². The molecule has 0 saturated carbocycles. The first-order chi connectivity index (χ1) is 9.81. The maximum atomic E-state index is 13.1. The van der Waals surface area contributed by atoms with Crippen molar-refractivity contribution in [2.24, 2.45) is 5.92 Å². The zero-order chi connectivity index (χ0) is 16.0. The molecule has 0 fully saturated rings. The molecule has 0 amide bonds. The average molecular weight is 295 g/mol. The van der Waals surface area contributed by atoms with Gasteiger partial charge in [-0.1, -0.05) is 20.8 Å². The molecule has 0 aliphatic carbocycles. The molecule has 1 aromatic rings. The highest BCUT2D eigenvalue weighted by Gasteiger charge is 2.26. The minimum atomic E-state index is -0.286. The van der Waals surface area contributed by atoms with Crippen LogP contribution in [0.25, 0.3) is 0 Å². The molecule has 2 atom stereocenters. The topological polar surface area (TPSA) is 28.2 Å². The van der Waals surface area contributed by atoms with Crippen LogP contribution in [0.15, 0.2) is 18.3 Å². The standard InChI is InChI=1S/C17H30FN3/c1-7-17(4,5)21(6)12-13(3)16(19-8-2)15-10-9-14(18)11-20-15/h9-11,13,16,19H,7-8,12H2,1-6H3. The smallest absolute Gasteiger partial charge is 0.141 e. The number of nitrogens with one attached hydrogen (secondary N) is 1. The Labute approximate surface area is 129 Å². The van der Waals surface area contributed by atoms with Crippen LogP contribution in [0.1, 0.15) is 52.8 Å². The van der Waals surface area contributed by atoms with E-state index in [9.17, 15) is 4.39 Å². The molecular formula is C17H30FN3. The first-order valence-corrected chi connectivity index (χ1v) is 7.87. The lowest BCUT2D eigenvalue weighted by molar-refractivity contribution is 0.120. The molecule has 120 valence electrons. The van der Waals surface area contributed by atoms with Crippen LogP contribution < -0.4 is 5.32 Å². The Morgan fingerprint density at radius 1 is 1.33 bits per heavy atom. The van der Waals surface area contributed by atoms with E-state index >= 15 is 0 Å². The molecule has 0 radical (unpaired) electrons. The maximum absolute atomic E-state index is 13.1. The van der Waals surface area contributed by atoms with Gasteiger partial charge in [0.05, 0.1) is 17.9 Å². The maximum Gasteiger partial charge on any atom is 0.141 e. The number of aromatic nitrogens is 1. The third kappa shape index (κ3) is 5.04. The Bertz CT molecular complexity index is 417. The number of nitrogens with zero attached hydrogens (tertiary/aromatic N) is 2. The molecule has 21 heavy (non-hydrogen) atoms. The molecular weight excluding hydrogens is 265 g/mol. The molecule has 0 saturated heterocycles. The van der Waals surface area contributed by atoms with E-state index in [-0.39, 0.29) is 17.4 Å². The number of hydrogen-bond acceptors (Lipinski definition) is 3. The summed E-state index contributed by atoms with van der Waals surface area (Å²) in [5.41, 5.74) is 1.09. The normalized spacial score (nSPS) is 15.2. The minimum Gasteiger partial charge on any atom is -0.309 e. The van der Waals surface area contributed by atoms with Crippen molar-refractivity contribution in [3.8, 4) is 0 Å². The SMILES string of the molecule is CCNC(c1ccc(F)cn1)C(C)CN(C)C(C)(C)CC. The van der Waals surface area contributed by atoms with Crippen LogP contribution in [0.2, 0.25) is 0 Å². The molecule has 3 nitrogen and oxygen atoms in total. The van der Waals surface area contributed by atoms with Crippen molar-refractivity contribution in [1.82, 2.24) is 15.2 Å². The predicted octanol–water partition coefficient (Wildman–Crippen LogP) is 3.63. The minimum absolute atomic E-state index is 0.144. The van der Waals surface area contributed by atoms with Gasteiger partial charge in [-0.15, -0.1) is 0 Å². The Hall–Kier alpha value is -1.00. The van der Waals surface area contributed by atoms with Crippen LogP contribution in [0.4, 0.5) is 4.39 Å². The Morgan fingerprint density at radius 3 is 2.48 bits per heavy atom. The van der Waals surface area contributed by atoms with E-state index in [1.807, 2.05) is 0 Å². The highest BCUT2D eigenvalue weighted by atomic mass is 19.1. The first kappa shape index (κ1) is 18.1. The van der Waals surface area contributed by atoms with Gasteiger partial charge in [-0.3, -0.25) is 4.98 Å². The van der Waals surface area contributed by atoms with Crippen LogP contribution in [0.5, 0.6) is 0 Å². The summed E-state index contributed by atoms with van der Waals surface area (Å²) in [5, 5.41) is 3.48. The van der Waals surface area contributed by atoms with E-state index in [4.69, 9.17) is 0 Å². The molecule has 4 heteroatoms. The fraction of sp³-hybridized carbons (Fsp3) is 0.706. The highest BCUT2D eigenvalue weighted by molar-refractivity contribution is 5.11.